The molecule has 1 aliphatic carbocycles. The van der Waals surface area contributed by atoms with Crippen molar-refractivity contribution < 1.29 is 14.7 Å². The van der Waals surface area contributed by atoms with Crippen molar-refractivity contribution in [3.05, 3.63) is 0 Å². The van der Waals surface area contributed by atoms with Gasteiger partial charge in [-0.15, -0.1) is 0 Å². The number of likely N-dealkylation sites (tertiary alicyclic amines) is 1. The second-order valence-corrected chi connectivity index (χ2v) is 6.24. The Balaban J connectivity index is 1.87. The summed E-state index contributed by atoms with van der Waals surface area (Å²) in [5.41, 5.74) is 0. The molecule has 5 nitrogen and oxygen atoms in total. The number of rotatable bonds is 3. The van der Waals surface area contributed by atoms with Crippen LogP contribution in [0.2, 0.25) is 0 Å². The Bertz CT molecular complexity index is 372. The average molecular weight is 268 g/mol. The molecule has 108 valence electrons. The topological polar surface area (TPSA) is 60.9 Å². The van der Waals surface area contributed by atoms with Gasteiger partial charge in [0.2, 0.25) is 0 Å². The molecule has 1 saturated carbocycles. The van der Waals surface area contributed by atoms with Gasteiger partial charge in [-0.25, -0.2) is 4.79 Å². The number of amides is 2. The molecular weight excluding hydrogens is 244 g/mol. The molecule has 0 aromatic heterocycles. The molecule has 4 unspecified atom stereocenters. The number of nitrogens with zero attached hydrogens (tertiary/aromatic N) is 2. The normalized spacial score (nSPS) is 33.9. The van der Waals surface area contributed by atoms with E-state index in [2.05, 4.69) is 6.92 Å². The van der Waals surface area contributed by atoms with Gasteiger partial charge < -0.3 is 14.9 Å². The van der Waals surface area contributed by atoms with E-state index in [9.17, 15) is 9.59 Å². The summed E-state index contributed by atoms with van der Waals surface area (Å²) in [5, 5.41) is 9.03. The highest BCUT2D eigenvalue weighted by Gasteiger charge is 2.37. The molecule has 2 rings (SSSR count). The van der Waals surface area contributed by atoms with Gasteiger partial charge in [-0.2, -0.15) is 0 Å². The van der Waals surface area contributed by atoms with E-state index >= 15 is 0 Å². The van der Waals surface area contributed by atoms with Gasteiger partial charge in [0.25, 0.3) is 0 Å². The molecule has 2 fully saturated rings. The summed E-state index contributed by atoms with van der Waals surface area (Å²) in [4.78, 5) is 27.0. The van der Waals surface area contributed by atoms with E-state index < -0.39 is 5.97 Å². The Morgan fingerprint density at radius 1 is 1.32 bits per heavy atom. The Hall–Kier alpha value is -1.26. The number of carboxylic acids is 1. The second kappa shape index (κ2) is 5.39. The zero-order valence-electron chi connectivity index (χ0n) is 12.0. The van der Waals surface area contributed by atoms with E-state index in [1.165, 1.54) is 6.42 Å². The van der Waals surface area contributed by atoms with Crippen LogP contribution in [0.5, 0.6) is 0 Å². The van der Waals surface area contributed by atoms with Gasteiger partial charge in [0, 0.05) is 26.2 Å². The minimum absolute atomic E-state index is 0.0152. The van der Waals surface area contributed by atoms with Gasteiger partial charge in [0.05, 0.1) is 5.92 Å². The van der Waals surface area contributed by atoms with E-state index in [0.29, 0.717) is 25.3 Å². The SMILES string of the molecule is CC1CC1CN(C)C(=O)N1CCC(C(=O)O)CC1C. The summed E-state index contributed by atoms with van der Waals surface area (Å²) < 4.78 is 0. The minimum Gasteiger partial charge on any atom is -0.481 e. The predicted octanol–water partition coefficient (Wildman–Crippen LogP) is 1.88. The highest BCUT2D eigenvalue weighted by molar-refractivity contribution is 5.75. The van der Waals surface area contributed by atoms with E-state index in [-0.39, 0.29) is 18.0 Å². The second-order valence-electron chi connectivity index (χ2n) is 6.24. The van der Waals surface area contributed by atoms with Crippen molar-refractivity contribution in [3.8, 4) is 0 Å². The maximum atomic E-state index is 12.4. The number of carbonyl (C=O) groups is 2. The molecule has 2 aliphatic rings. The van der Waals surface area contributed by atoms with Gasteiger partial charge in [0.1, 0.15) is 0 Å². The Morgan fingerprint density at radius 2 is 1.95 bits per heavy atom. The average Bonchev–Trinajstić information content (AvgIpc) is 3.03. The van der Waals surface area contributed by atoms with Crippen molar-refractivity contribution in [1.29, 1.82) is 0 Å². The molecule has 19 heavy (non-hydrogen) atoms. The first-order chi connectivity index (χ1) is 8.90. The van der Waals surface area contributed by atoms with Crippen molar-refractivity contribution in [2.24, 2.45) is 17.8 Å². The molecule has 2 amide bonds. The summed E-state index contributed by atoms with van der Waals surface area (Å²) >= 11 is 0. The number of hydrogen-bond donors (Lipinski definition) is 1. The van der Waals surface area contributed by atoms with E-state index in [1.807, 2.05) is 18.9 Å². The van der Waals surface area contributed by atoms with Gasteiger partial charge in [-0.1, -0.05) is 6.92 Å². The van der Waals surface area contributed by atoms with E-state index in [1.54, 1.807) is 4.90 Å². The van der Waals surface area contributed by atoms with Gasteiger partial charge in [-0.3, -0.25) is 4.79 Å². The summed E-state index contributed by atoms with van der Waals surface area (Å²) in [6, 6.07) is 0.0665. The van der Waals surface area contributed by atoms with Crippen LogP contribution in [0.15, 0.2) is 0 Å². The Morgan fingerprint density at radius 3 is 2.42 bits per heavy atom. The van der Waals surface area contributed by atoms with Crippen LogP contribution in [0.25, 0.3) is 0 Å². The maximum Gasteiger partial charge on any atom is 0.319 e. The minimum atomic E-state index is -0.737. The zero-order chi connectivity index (χ0) is 14.2. The summed E-state index contributed by atoms with van der Waals surface area (Å²) in [6.07, 6.45) is 2.35. The van der Waals surface area contributed by atoms with Crippen LogP contribution >= 0.6 is 0 Å². The number of aliphatic carboxylic acids is 1. The third-order valence-corrected chi connectivity index (χ3v) is 4.58. The quantitative estimate of drug-likeness (QED) is 0.850. The summed E-state index contributed by atoms with van der Waals surface area (Å²) in [7, 11) is 1.85. The van der Waals surface area contributed by atoms with Crippen molar-refractivity contribution in [2.75, 3.05) is 20.1 Å². The Kier molecular flexibility index (Phi) is 4.02. The Labute approximate surface area is 114 Å². The van der Waals surface area contributed by atoms with Crippen molar-refractivity contribution in [3.63, 3.8) is 0 Å². The first-order valence-corrected chi connectivity index (χ1v) is 7.14. The van der Waals surface area contributed by atoms with Crippen LogP contribution in [0, 0.1) is 17.8 Å². The third-order valence-electron chi connectivity index (χ3n) is 4.58. The smallest absolute Gasteiger partial charge is 0.319 e. The van der Waals surface area contributed by atoms with Crippen LogP contribution in [-0.4, -0.2) is 53.1 Å². The van der Waals surface area contributed by atoms with Crippen LogP contribution in [-0.2, 0) is 4.79 Å². The molecule has 1 heterocycles. The zero-order valence-corrected chi connectivity index (χ0v) is 12.0. The number of urea groups is 1. The molecule has 1 saturated heterocycles. The number of carboxylic acid groups (broad SMARTS) is 1. The summed E-state index contributed by atoms with van der Waals surface area (Å²) in [5.74, 6) is 0.359. The van der Waals surface area contributed by atoms with Crippen molar-refractivity contribution in [1.82, 2.24) is 9.80 Å². The monoisotopic (exact) mass is 268 g/mol. The molecule has 0 spiro atoms. The lowest BCUT2D eigenvalue weighted by atomic mass is 9.92. The van der Waals surface area contributed by atoms with Crippen molar-refractivity contribution >= 4 is 12.0 Å². The molecule has 1 N–H and O–H groups in total. The largest absolute Gasteiger partial charge is 0.481 e. The third kappa shape index (κ3) is 3.19. The lowest BCUT2D eigenvalue weighted by molar-refractivity contribution is -0.143. The highest BCUT2D eigenvalue weighted by Crippen LogP contribution is 2.38. The standard InChI is InChI=1S/C14H24N2O3/c1-9-6-12(9)8-15(3)14(19)16-5-4-11(13(17)18)7-10(16)2/h9-12H,4-8H2,1-3H3,(H,17,18). The molecule has 0 bridgehead atoms. The van der Waals surface area contributed by atoms with E-state index in [0.717, 1.165) is 12.5 Å². The fraction of sp³-hybridized carbons (Fsp3) is 0.857. The molecule has 1 aliphatic heterocycles. The van der Waals surface area contributed by atoms with Crippen LogP contribution in [0.3, 0.4) is 0 Å². The molecule has 0 aromatic rings. The van der Waals surface area contributed by atoms with Crippen LogP contribution in [0.4, 0.5) is 4.79 Å². The first-order valence-electron chi connectivity index (χ1n) is 7.14. The van der Waals surface area contributed by atoms with Crippen LogP contribution in [0.1, 0.15) is 33.1 Å². The molecule has 5 heteroatoms. The van der Waals surface area contributed by atoms with Crippen LogP contribution < -0.4 is 0 Å². The van der Waals surface area contributed by atoms with Gasteiger partial charge in [0.15, 0.2) is 0 Å². The molecule has 0 aromatic carbocycles. The lowest BCUT2D eigenvalue weighted by Gasteiger charge is -2.38. The fourth-order valence-electron chi connectivity index (χ4n) is 2.98. The molecular formula is C14H24N2O3. The molecule has 0 radical (unpaired) electrons. The molecule has 4 atom stereocenters. The van der Waals surface area contributed by atoms with Crippen molar-refractivity contribution in [2.45, 2.75) is 39.2 Å². The van der Waals surface area contributed by atoms with E-state index in [4.69, 9.17) is 5.11 Å². The highest BCUT2D eigenvalue weighted by atomic mass is 16.4. The van der Waals surface area contributed by atoms with Gasteiger partial charge >= 0.3 is 12.0 Å². The maximum absolute atomic E-state index is 12.4. The number of piperidine rings is 1. The van der Waals surface area contributed by atoms with Gasteiger partial charge in [-0.05, 0) is 38.0 Å². The summed E-state index contributed by atoms with van der Waals surface area (Å²) in [6.45, 7) is 5.54. The lowest BCUT2D eigenvalue weighted by Crippen LogP contribution is -2.51. The number of carbonyl (C=O) groups excluding carboxylic acids is 1. The first kappa shape index (κ1) is 14.2. The fourth-order valence-corrected chi connectivity index (χ4v) is 2.98. The predicted molar refractivity (Wildman–Crippen MR) is 71.8 cm³/mol. The number of hydrogen-bond acceptors (Lipinski definition) is 2.